The highest BCUT2D eigenvalue weighted by molar-refractivity contribution is 5.74. The van der Waals surface area contributed by atoms with Crippen LogP contribution in [0.25, 0.3) is 0 Å². The van der Waals surface area contributed by atoms with Crippen molar-refractivity contribution in [3.05, 3.63) is 17.7 Å². The van der Waals surface area contributed by atoms with Gasteiger partial charge in [0.05, 0.1) is 11.4 Å². The van der Waals surface area contributed by atoms with Gasteiger partial charge in [-0.15, -0.1) is 0 Å². The molecule has 0 aliphatic rings. The van der Waals surface area contributed by atoms with Gasteiger partial charge >= 0.3 is 0 Å². The molecule has 1 aromatic carbocycles. The zero-order valence-electron chi connectivity index (χ0n) is 8.68. The first-order valence-electron chi connectivity index (χ1n) is 4.31. The summed E-state index contributed by atoms with van der Waals surface area (Å²) in [6, 6.07) is 4.05. The summed E-state index contributed by atoms with van der Waals surface area (Å²) in [6.45, 7) is 2.06. The van der Waals surface area contributed by atoms with Gasteiger partial charge in [0.15, 0.2) is 0 Å². The summed E-state index contributed by atoms with van der Waals surface area (Å²) in [4.78, 5) is 2.08. The van der Waals surface area contributed by atoms with Crippen molar-refractivity contribution >= 4 is 17.1 Å². The van der Waals surface area contributed by atoms with Crippen LogP contribution in [0.4, 0.5) is 17.1 Å². The van der Waals surface area contributed by atoms with E-state index in [0.29, 0.717) is 0 Å². The van der Waals surface area contributed by atoms with Gasteiger partial charge in [0.25, 0.3) is 0 Å². The van der Waals surface area contributed by atoms with Gasteiger partial charge < -0.3 is 16.0 Å². The van der Waals surface area contributed by atoms with Crippen molar-refractivity contribution in [2.24, 2.45) is 0 Å². The number of nitrogens with two attached hydrogens (primary N) is 1. The molecule has 3 nitrogen and oxygen atoms in total. The van der Waals surface area contributed by atoms with Crippen molar-refractivity contribution in [2.45, 2.75) is 6.92 Å². The number of anilines is 3. The summed E-state index contributed by atoms with van der Waals surface area (Å²) >= 11 is 0. The Morgan fingerprint density at radius 3 is 2.38 bits per heavy atom. The molecule has 0 fully saturated rings. The van der Waals surface area contributed by atoms with E-state index in [1.807, 2.05) is 27.2 Å². The maximum absolute atomic E-state index is 5.82. The second kappa shape index (κ2) is 3.56. The molecule has 3 N–H and O–H groups in total. The molecule has 0 spiro atoms. The van der Waals surface area contributed by atoms with E-state index in [1.54, 1.807) is 0 Å². The number of rotatable bonds is 2. The quantitative estimate of drug-likeness (QED) is 0.679. The van der Waals surface area contributed by atoms with Gasteiger partial charge in [-0.05, 0) is 24.6 Å². The van der Waals surface area contributed by atoms with Gasteiger partial charge in [-0.2, -0.15) is 0 Å². The second-order valence-corrected chi connectivity index (χ2v) is 3.37. The lowest BCUT2D eigenvalue weighted by atomic mass is 10.1. The fraction of sp³-hybridized carbons (Fsp3) is 0.400. The van der Waals surface area contributed by atoms with Crippen LogP contribution in [-0.4, -0.2) is 21.1 Å². The lowest BCUT2D eigenvalue weighted by Crippen LogP contribution is -2.11. The number of aryl methyl sites for hydroxylation is 1. The van der Waals surface area contributed by atoms with Gasteiger partial charge in [-0.25, -0.2) is 0 Å². The topological polar surface area (TPSA) is 41.3 Å². The Bertz CT molecular complexity index is 305. The minimum absolute atomic E-state index is 0.797. The zero-order valence-corrected chi connectivity index (χ0v) is 8.68. The van der Waals surface area contributed by atoms with Gasteiger partial charge in [0.2, 0.25) is 0 Å². The molecule has 0 bridgehead atoms. The van der Waals surface area contributed by atoms with E-state index in [1.165, 1.54) is 11.3 Å². The Morgan fingerprint density at radius 2 is 1.92 bits per heavy atom. The van der Waals surface area contributed by atoms with Crippen molar-refractivity contribution in [3.8, 4) is 0 Å². The van der Waals surface area contributed by atoms with Gasteiger partial charge in [0.1, 0.15) is 0 Å². The number of nitrogens with zero attached hydrogens (tertiary/aromatic N) is 1. The smallest absolute Gasteiger partial charge is 0.0592 e. The Hall–Kier alpha value is -1.38. The van der Waals surface area contributed by atoms with E-state index < -0.39 is 0 Å². The second-order valence-electron chi connectivity index (χ2n) is 3.37. The average molecular weight is 179 g/mol. The first kappa shape index (κ1) is 9.71. The molecule has 72 valence electrons. The molecule has 0 aliphatic heterocycles. The molecule has 0 atom stereocenters. The summed E-state index contributed by atoms with van der Waals surface area (Å²) in [7, 11) is 5.93. The first-order valence-corrected chi connectivity index (χ1v) is 4.31. The van der Waals surface area contributed by atoms with Crippen molar-refractivity contribution in [2.75, 3.05) is 37.1 Å². The summed E-state index contributed by atoms with van der Waals surface area (Å²) in [5.74, 6) is 0. The van der Waals surface area contributed by atoms with Crippen LogP contribution in [0, 0.1) is 6.92 Å². The number of hydrogen-bond donors (Lipinski definition) is 2. The highest BCUT2D eigenvalue weighted by atomic mass is 15.1. The molecule has 0 unspecified atom stereocenters. The standard InChI is InChI=1S/C10H17N3/c1-7-5-8(11)9(12-2)6-10(7)13(3)4/h5-6,12H,11H2,1-4H3. The van der Waals surface area contributed by atoms with Crippen LogP contribution < -0.4 is 16.0 Å². The monoisotopic (exact) mass is 179 g/mol. The molecule has 3 heteroatoms. The molecule has 13 heavy (non-hydrogen) atoms. The Morgan fingerprint density at radius 1 is 1.31 bits per heavy atom. The normalized spacial score (nSPS) is 9.85. The third kappa shape index (κ3) is 1.86. The number of benzene rings is 1. The van der Waals surface area contributed by atoms with E-state index in [0.717, 1.165) is 11.4 Å². The van der Waals surface area contributed by atoms with E-state index in [-0.39, 0.29) is 0 Å². The fourth-order valence-electron chi connectivity index (χ4n) is 1.42. The van der Waals surface area contributed by atoms with Crippen LogP contribution in [-0.2, 0) is 0 Å². The molecular weight excluding hydrogens is 162 g/mol. The molecular formula is C10H17N3. The van der Waals surface area contributed by atoms with Crippen LogP contribution in [0.1, 0.15) is 5.56 Å². The first-order chi connectivity index (χ1) is 6.06. The van der Waals surface area contributed by atoms with Crippen LogP contribution in [0.15, 0.2) is 12.1 Å². The molecule has 0 saturated heterocycles. The Labute approximate surface area is 79.5 Å². The third-order valence-electron chi connectivity index (χ3n) is 2.12. The molecule has 0 aliphatic carbocycles. The number of hydrogen-bond acceptors (Lipinski definition) is 3. The SMILES string of the molecule is CNc1cc(N(C)C)c(C)cc1N. The van der Waals surface area contributed by atoms with Crippen LogP contribution >= 0.6 is 0 Å². The van der Waals surface area contributed by atoms with Gasteiger partial charge in [0, 0.05) is 26.8 Å². The lowest BCUT2D eigenvalue weighted by Gasteiger charge is -2.18. The van der Waals surface area contributed by atoms with Crippen LogP contribution in [0.5, 0.6) is 0 Å². The average Bonchev–Trinajstić information content (AvgIpc) is 2.03. The summed E-state index contributed by atoms with van der Waals surface area (Å²) in [5, 5.41) is 3.07. The Balaban J connectivity index is 3.22. The maximum Gasteiger partial charge on any atom is 0.0592 e. The molecule has 0 radical (unpaired) electrons. The molecule has 0 aromatic heterocycles. The van der Waals surface area contributed by atoms with E-state index in [2.05, 4.69) is 23.2 Å². The van der Waals surface area contributed by atoms with E-state index >= 15 is 0 Å². The van der Waals surface area contributed by atoms with Gasteiger partial charge in [-0.1, -0.05) is 0 Å². The van der Waals surface area contributed by atoms with Crippen molar-refractivity contribution in [1.82, 2.24) is 0 Å². The predicted octanol–water partition coefficient (Wildman–Crippen LogP) is 1.68. The maximum atomic E-state index is 5.82. The largest absolute Gasteiger partial charge is 0.397 e. The lowest BCUT2D eigenvalue weighted by molar-refractivity contribution is 1.11. The summed E-state index contributed by atoms with van der Waals surface area (Å²) in [5.41, 5.74) is 9.99. The predicted molar refractivity (Wildman–Crippen MR) is 59.5 cm³/mol. The van der Waals surface area contributed by atoms with E-state index in [4.69, 9.17) is 5.73 Å². The van der Waals surface area contributed by atoms with Crippen molar-refractivity contribution in [3.63, 3.8) is 0 Å². The summed E-state index contributed by atoms with van der Waals surface area (Å²) in [6.07, 6.45) is 0. The minimum Gasteiger partial charge on any atom is -0.397 e. The molecule has 0 heterocycles. The van der Waals surface area contributed by atoms with Crippen molar-refractivity contribution < 1.29 is 0 Å². The molecule has 0 saturated carbocycles. The zero-order chi connectivity index (χ0) is 10.0. The van der Waals surface area contributed by atoms with Crippen LogP contribution in [0.3, 0.4) is 0 Å². The van der Waals surface area contributed by atoms with Crippen molar-refractivity contribution in [1.29, 1.82) is 0 Å². The number of nitrogens with one attached hydrogen (secondary N) is 1. The van der Waals surface area contributed by atoms with Crippen LogP contribution in [0.2, 0.25) is 0 Å². The van der Waals surface area contributed by atoms with E-state index in [9.17, 15) is 0 Å². The minimum atomic E-state index is 0.797. The highest BCUT2D eigenvalue weighted by Crippen LogP contribution is 2.27. The highest BCUT2D eigenvalue weighted by Gasteiger charge is 2.04. The molecule has 1 aromatic rings. The fourth-order valence-corrected chi connectivity index (χ4v) is 1.42. The van der Waals surface area contributed by atoms with Gasteiger partial charge in [-0.3, -0.25) is 0 Å². The molecule has 1 rings (SSSR count). The number of nitrogen functional groups attached to an aromatic ring is 1. The molecule has 0 amide bonds. The Kier molecular flexibility index (Phi) is 2.66. The third-order valence-corrected chi connectivity index (χ3v) is 2.12. The summed E-state index contributed by atoms with van der Waals surface area (Å²) < 4.78 is 0.